The molecule has 0 aliphatic carbocycles. The van der Waals surface area contributed by atoms with Gasteiger partial charge in [0.25, 0.3) is 0 Å². The van der Waals surface area contributed by atoms with E-state index in [0.717, 1.165) is 57.8 Å². The number of hydrogen-bond donors (Lipinski definition) is 3. The zero-order valence-corrected chi connectivity index (χ0v) is 48.2. The molecule has 0 saturated heterocycles. The van der Waals surface area contributed by atoms with Crippen LogP contribution in [0.3, 0.4) is 0 Å². The Kier molecular flexibility index (Phi) is 59.5. The number of rotatable bonds is 59. The van der Waals surface area contributed by atoms with Gasteiger partial charge in [0, 0.05) is 12.8 Å². The van der Waals surface area contributed by atoms with E-state index < -0.39 is 12.1 Å². The van der Waals surface area contributed by atoms with Gasteiger partial charge in [-0.15, -0.1) is 0 Å². The lowest BCUT2D eigenvalue weighted by Gasteiger charge is -2.20. The van der Waals surface area contributed by atoms with E-state index in [1.165, 1.54) is 250 Å². The number of allylic oxidation sites excluding steroid dienone is 7. The van der Waals surface area contributed by atoms with Gasteiger partial charge in [-0.3, -0.25) is 9.59 Å². The van der Waals surface area contributed by atoms with Gasteiger partial charge in [0.05, 0.1) is 25.4 Å². The number of aliphatic hydroxyl groups excluding tert-OH is 2. The number of carbonyl (C=O) groups is 2. The zero-order valence-electron chi connectivity index (χ0n) is 48.2. The second-order valence-electron chi connectivity index (χ2n) is 21.7. The minimum absolute atomic E-state index is 0.00696. The number of amides is 1. The number of carbonyl (C=O) groups excluding carboxylic acids is 2. The normalized spacial score (nSPS) is 12.9. The van der Waals surface area contributed by atoms with Crippen molar-refractivity contribution in [2.45, 2.75) is 347 Å². The Morgan fingerprint density at radius 3 is 1.10 bits per heavy atom. The third kappa shape index (κ3) is 57.1. The van der Waals surface area contributed by atoms with Crippen molar-refractivity contribution in [2.75, 3.05) is 13.2 Å². The molecule has 0 bridgehead atoms. The fourth-order valence-corrected chi connectivity index (χ4v) is 9.66. The maximum Gasteiger partial charge on any atom is 0.305 e. The van der Waals surface area contributed by atoms with Gasteiger partial charge in [-0.25, -0.2) is 0 Å². The van der Waals surface area contributed by atoms with Crippen molar-refractivity contribution in [3.8, 4) is 0 Å². The SMILES string of the molecule is CCCCC/C=C\C/C=C\CCCCCCCCCCCC(=O)OCCCCCCCCCCCCCC/C=C\CCCCCCCCCC(=O)NC(CO)C(O)/C=C/CCCCCCCCCCCCC. The second-order valence-corrected chi connectivity index (χ2v) is 21.7. The largest absolute Gasteiger partial charge is 0.466 e. The summed E-state index contributed by atoms with van der Waals surface area (Å²) >= 11 is 0. The van der Waals surface area contributed by atoms with Crippen LogP contribution in [0.25, 0.3) is 0 Å². The Hall–Kier alpha value is -2.18. The van der Waals surface area contributed by atoms with Crippen LogP contribution in [0.5, 0.6) is 0 Å². The first kappa shape index (κ1) is 69.8. The predicted molar refractivity (Wildman–Crippen MR) is 315 cm³/mol. The Labute approximate surface area is 448 Å². The molecule has 422 valence electrons. The quantitative estimate of drug-likeness (QED) is 0.0320. The molecule has 0 aliphatic rings. The molecule has 2 unspecified atom stereocenters. The summed E-state index contributed by atoms with van der Waals surface area (Å²) in [5, 5.41) is 23.1. The van der Waals surface area contributed by atoms with E-state index in [-0.39, 0.29) is 18.5 Å². The van der Waals surface area contributed by atoms with E-state index in [9.17, 15) is 19.8 Å². The highest BCUT2D eigenvalue weighted by Gasteiger charge is 2.18. The van der Waals surface area contributed by atoms with E-state index in [0.29, 0.717) is 19.4 Å². The van der Waals surface area contributed by atoms with E-state index in [4.69, 9.17) is 4.74 Å². The first-order valence-corrected chi connectivity index (χ1v) is 31.9. The molecule has 3 N–H and O–H groups in total. The van der Waals surface area contributed by atoms with Gasteiger partial charge in [0.1, 0.15) is 0 Å². The summed E-state index contributed by atoms with van der Waals surface area (Å²) < 4.78 is 5.50. The van der Waals surface area contributed by atoms with Gasteiger partial charge in [-0.05, 0) is 89.9 Å². The average Bonchev–Trinajstić information content (AvgIpc) is 3.38. The van der Waals surface area contributed by atoms with Gasteiger partial charge < -0.3 is 20.3 Å². The maximum absolute atomic E-state index is 12.4. The van der Waals surface area contributed by atoms with E-state index in [1.54, 1.807) is 6.08 Å². The third-order valence-corrected chi connectivity index (χ3v) is 14.6. The molecule has 0 saturated carbocycles. The number of unbranched alkanes of at least 4 members (excludes halogenated alkanes) is 42. The van der Waals surface area contributed by atoms with E-state index in [1.807, 2.05) is 6.08 Å². The lowest BCUT2D eigenvalue weighted by molar-refractivity contribution is -0.143. The van der Waals surface area contributed by atoms with Crippen LogP contribution in [0.2, 0.25) is 0 Å². The first-order chi connectivity index (χ1) is 35.5. The van der Waals surface area contributed by atoms with Crippen molar-refractivity contribution in [2.24, 2.45) is 0 Å². The number of nitrogens with one attached hydrogen (secondary N) is 1. The lowest BCUT2D eigenvalue weighted by atomic mass is 10.0. The fraction of sp³-hybridized carbons (Fsp3) is 0.848. The van der Waals surface area contributed by atoms with Crippen molar-refractivity contribution in [3.05, 3.63) is 48.6 Å². The molecule has 1 amide bonds. The van der Waals surface area contributed by atoms with Crippen LogP contribution in [0.4, 0.5) is 0 Å². The Balaban J connectivity index is 3.41. The van der Waals surface area contributed by atoms with Gasteiger partial charge >= 0.3 is 5.97 Å². The van der Waals surface area contributed by atoms with Crippen LogP contribution < -0.4 is 5.32 Å². The molecule has 0 rings (SSSR count). The summed E-state index contributed by atoms with van der Waals surface area (Å²) in [6, 6.07) is -0.632. The molecule has 0 radical (unpaired) electrons. The molecule has 0 spiro atoms. The summed E-state index contributed by atoms with van der Waals surface area (Å²) in [5.74, 6) is -0.0675. The molecule has 0 heterocycles. The van der Waals surface area contributed by atoms with Crippen molar-refractivity contribution < 1.29 is 24.5 Å². The Morgan fingerprint density at radius 2 is 0.694 bits per heavy atom. The molecule has 6 nitrogen and oxygen atoms in total. The molecule has 0 aromatic carbocycles. The smallest absolute Gasteiger partial charge is 0.305 e. The van der Waals surface area contributed by atoms with Crippen LogP contribution in [-0.2, 0) is 14.3 Å². The van der Waals surface area contributed by atoms with Gasteiger partial charge in [0.2, 0.25) is 5.91 Å². The number of ether oxygens (including phenoxy) is 1. The fourth-order valence-electron chi connectivity index (χ4n) is 9.66. The second kappa shape index (κ2) is 61.4. The van der Waals surface area contributed by atoms with Crippen LogP contribution >= 0.6 is 0 Å². The van der Waals surface area contributed by atoms with Crippen LogP contribution in [0.1, 0.15) is 335 Å². The standard InChI is InChI=1S/C66H123NO5/c1-3-5-7-9-11-13-15-17-18-19-25-29-32-36-40-44-48-52-56-60-66(71)72-61-57-53-49-45-41-37-33-30-27-24-22-20-21-23-26-28-31-35-39-43-47-51-55-59-65(70)67-63(62-68)64(69)58-54-50-46-42-38-34-16-14-12-10-8-6-4-2/h11,13,17-18,23,26,54,58,63-64,68-69H,3-10,12,14-16,19-22,24-25,27-53,55-57,59-62H2,1-2H3,(H,67,70)/b13-11-,18-17-,26-23-,58-54+. The van der Waals surface area contributed by atoms with Crippen LogP contribution in [0, 0.1) is 0 Å². The van der Waals surface area contributed by atoms with Gasteiger partial charge in [-0.2, -0.15) is 0 Å². The highest BCUT2D eigenvalue weighted by atomic mass is 16.5. The minimum Gasteiger partial charge on any atom is -0.466 e. The Bertz CT molecular complexity index is 1210. The van der Waals surface area contributed by atoms with Crippen LogP contribution in [-0.4, -0.2) is 47.4 Å². The summed E-state index contributed by atoms with van der Waals surface area (Å²) in [6.45, 7) is 4.88. The third-order valence-electron chi connectivity index (χ3n) is 14.6. The van der Waals surface area contributed by atoms with Crippen molar-refractivity contribution in [1.29, 1.82) is 0 Å². The van der Waals surface area contributed by atoms with Crippen LogP contribution in [0.15, 0.2) is 48.6 Å². The van der Waals surface area contributed by atoms with Crippen molar-refractivity contribution in [3.63, 3.8) is 0 Å². The molecule has 72 heavy (non-hydrogen) atoms. The summed E-state index contributed by atoms with van der Waals surface area (Å²) in [6.07, 6.45) is 78.7. The molecule has 2 atom stereocenters. The number of hydrogen-bond acceptors (Lipinski definition) is 5. The molecular weight excluding hydrogens is 887 g/mol. The number of aliphatic hydroxyl groups is 2. The highest BCUT2D eigenvalue weighted by molar-refractivity contribution is 5.76. The monoisotopic (exact) mass is 1010 g/mol. The minimum atomic E-state index is -0.848. The van der Waals surface area contributed by atoms with E-state index in [2.05, 4.69) is 55.6 Å². The molecule has 0 aromatic rings. The topological polar surface area (TPSA) is 95.9 Å². The van der Waals surface area contributed by atoms with Gasteiger partial charge in [-0.1, -0.05) is 281 Å². The highest BCUT2D eigenvalue weighted by Crippen LogP contribution is 2.17. The maximum atomic E-state index is 12.4. The summed E-state index contributed by atoms with van der Waals surface area (Å²) in [4.78, 5) is 24.5. The molecule has 6 heteroatoms. The van der Waals surface area contributed by atoms with Crippen molar-refractivity contribution in [1.82, 2.24) is 5.32 Å². The molecule has 0 aliphatic heterocycles. The predicted octanol–water partition coefficient (Wildman–Crippen LogP) is 20.1. The first-order valence-electron chi connectivity index (χ1n) is 31.9. The number of esters is 1. The molecule has 0 aromatic heterocycles. The van der Waals surface area contributed by atoms with Crippen molar-refractivity contribution >= 4 is 11.9 Å². The molecular formula is C66H123NO5. The van der Waals surface area contributed by atoms with E-state index >= 15 is 0 Å². The lowest BCUT2D eigenvalue weighted by Crippen LogP contribution is -2.45. The van der Waals surface area contributed by atoms with Gasteiger partial charge in [0.15, 0.2) is 0 Å². The Morgan fingerprint density at radius 1 is 0.389 bits per heavy atom. The zero-order chi connectivity index (χ0) is 52.2. The molecule has 0 fully saturated rings. The summed E-state index contributed by atoms with van der Waals surface area (Å²) in [5.41, 5.74) is 0. The summed E-state index contributed by atoms with van der Waals surface area (Å²) in [7, 11) is 0. The average molecular weight is 1010 g/mol.